The van der Waals surface area contributed by atoms with E-state index in [1.54, 1.807) is 0 Å². The highest BCUT2D eigenvalue weighted by atomic mass is 19.1. The lowest BCUT2D eigenvalue weighted by Gasteiger charge is -2.29. The minimum atomic E-state index is -0.616. The quantitative estimate of drug-likeness (QED) is 0.944. The van der Waals surface area contributed by atoms with E-state index >= 15 is 0 Å². The largest absolute Gasteiger partial charge is 0.339 e. The van der Waals surface area contributed by atoms with E-state index in [-0.39, 0.29) is 6.42 Å². The summed E-state index contributed by atoms with van der Waals surface area (Å²) in [7, 11) is 0. The molecule has 0 amide bonds. The van der Waals surface area contributed by atoms with Gasteiger partial charge in [-0.3, -0.25) is 0 Å². The summed E-state index contributed by atoms with van der Waals surface area (Å²) in [5.74, 6) is -0.439. The summed E-state index contributed by atoms with van der Waals surface area (Å²) in [6.45, 7) is 0. The standard InChI is InChI=1S/C15H17F2N3O/c16-11-5-4-10(12(17)9-11)8-13-19-14(20-21-13)15(18)6-2-1-3-7-15/h4-5,9H,1-3,6-8,18H2. The highest BCUT2D eigenvalue weighted by Crippen LogP contribution is 2.33. The highest BCUT2D eigenvalue weighted by molar-refractivity contribution is 5.21. The van der Waals surface area contributed by atoms with Gasteiger partial charge in [0.2, 0.25) is 5.89 Å². The van der Waals surface area contributed by atoms with Gasteiger partial charge in [-0.1, -0.05) is 30.5 Å². The number of nitrogens with two attached hydrogens (primary N) is 1. The lowest BCUT2D eigenvalue weighted by Crippen LogP contribution is -2.39. The van der Waals surface area contributed by atoms with E-state index in [0.29, 0.717) is 17.3 Å². The van der Waals surface area contributed by atoms with Crippen molar-refractivity contribution >= 4 is 0 Å². The fourth-order valence-corrected chi connectivity index (χ4v) is 2.76. The Morgan fingerprint density at radius 3 is 2.67 bits per heavy atom. The van der Waals surface area contributed by atoms with Crippen molar-refractivity contribution in [2.75, 3.05) is 0 Å². The predicted molar refractivity (Wildman–Crippen MR) is 72.4 cm³/mol. The van der Waals surface area contributed by atoms with E-state index in [9.17, 15) is 8.78 Å². The molecule has 0 aliphatic heterocycles. The van der Waals surface area contributed by atoms with Crippen molar-refractivity contribution in [3.8, 4) is 0 Å². The van der Waals surface area contributed by atoms with Crippen molar-refractivity contribution in [1.29, 1.82) is 0 Å². The van der Waals surface area contributed by atoms with Crippen molar-refractivity contribution < 1.29 is 13.3 Å². The third-order valence-electron chi connectivity index (χ3n) is 4.02. The molecule has 0 atom stereocenters. The summed E-state index contributed by atoms with van der Waals surface area (Å²) in [4.78, 5) is 4.30. The molecule has 0 unspecified atom stereocenters. The van der Waals surface area contributed by atoms with Crippen LogP contribution in [0.15, 0.2) is 22.7 Å². The van der Waals surface area contributed by atoms with E-state index < -0.39 is 17.2 Å². The van der Waals surface area contributed by atoms with E-state index in [4.69, 9.17) is 10.3 Å². The van der Waals surface area contributed by atoms with Gasteiger partial charge in [0.05, 0.1) is 12.0 Å². The predicted octanol–water partition coefficient (Wildman–Crippen LogP) is 3.06. The van der Waals surface area contributed by atoms with Crippen LogP contribution < -0.4 is 5.73 Å². The first-order valence-electron chi connectivity index (χ1n) is 7.13. The van der Waals surface area contributed by atoms with Crippen molar-refractivity contribution in [2.24, 2.45) is 5.73 Å². The molecule has 2 N–H and O–H groups in total. The zero-order valence-electron chi connectivity index (χ0n) is 11.6. The molecule has 21 heavy (non-hydrogen) atoms. The first-order valence-corrected chi connectivity index (χ1v) is 7.13. The molecule has 1 aliphatic rings. The van der Waals surface area contributed by atoms with Crippen LogP contribution in [-0.4, -0.2) is 10.1 Å². The van der Waals surface area contributed by atoms with Crippen LogP contribution in [0.3, 0.4) is 0 Å². The van der Waals surface area contributed by atoms with Crippen molar-refractivity contribution in [3.05, 3.63) is 47.1 Å². The maximum atomic E-state index is 13.6. The minimum Gasteiger partial charge on any atom is -0.339 e. The summed E-state index contributed by atoms with van der Waals surface area (Å²) in [5.41, 5.74) is 6.11. The maximum Gasteiger partial charge on any atom is 0.231 e. The van der Waals surface area contributed by atoms with E-state index in [1.165, 1.54) is 18.6 Å². The molecule has 0 bridgehead atoms. The molecular formula is C15H17F2N3O. The van der Waals surface area contributed by atoms with Crippen molar-refractivity contribution in [1.82, 2.24) is 10.1 Å². The molecule has 1 aromatic carbocycles. The average Bonchev–Trinajstić information content (AvgIpc) is 2.92. The van der Waals surface area contributed by atoms with Gasteiger partial charge in [-0.05, 0) is 24.5 Å². The molecule has 2 aromatic rings. The van der Waals surface area contributed by atoms with Crippen LogP contribution in [0.2, 0.25) is 0 Å². The van der Waals surface area contributed by atoms with E-state index in [2.05, 4.69) is 10.1 Å². The van der Waals surface area contributed by atoms with Gasteiger partial charge in [0.1, 0.15) is 11.6 Å². The van der Waals surface area contributed by atoms with Gasteiger partial charge < -0.3 is 10.3 Å². The van der Waals surface area contributed by atoms with Gasteiger partial charge in [-0.25, -0.2) is 8.78 Å². The SMILES string of the molecule is NC1(c2noc(Cc3ccc(F)cc3F)n2)CCCCC1. The van der Waals surface area contributed by atoms with Crippen LogP contribution in [0.25, 0.3) is 0 Å². The fourth-order valence-electron chi connectivity index (χ4n) is 2.76. The molecule has 6 heteroatoms. The van der Waals surface area contributed by atoms with Crippen molar-refractivity contribution in [3.63, 3.8) is 0 Å². The first-order chi connectivity index (χ1) is 10.1. The van der Waals surface area contributed by atoms with Gasteiger partial charge in [-0.2, -0.15) is 4.98 Å². The second kappa shape index (κ2) is 5.52. The van der Waals surface area contributed by atoms with Crippen LogP contribution in [0, 0.1) is 11.6 Å². The van der Waals surface area contributed by atoms with Gasteiger partial charge in [0, 0.05) is 6.07 Å². The molecule has 0 spiro atoms. The minimum absolute atomic E-state index is 0.134. The Morgan fingerprint density at radius 1 is 1.19 bits per heavy atom. The number of halogens is 2. The van der Waals surface area contributed by atoms with Crippen LogP contribution in [0.5, 0.6) is 0 Å². The highest BCUT2D eigenvalue weighted by Gasteiger charge is 2.34. The molecule has 4 nitrogen and oxygen atoms in total. The summed E-state index contributed by atoms with van der Waals surface area (Å²) < 4.78 is 31.7. The molecule has 112 valence electrons. The van der Waals surface area contributed by atoms with E-state index in [0.717, 1.165) is 31.7 Å². The zero-order chi connectivity index (χ0) is 14.9. The van der Waals surface area contributed by atoms with E-state index in [1.807, 2.05) is 0 Å². The molecular weight excluding hydrogens is 276 g/mol. The third kappa shape index (κ3) is 2.95. The summed E-state index contributed by atoms with van der Waals surface area (Å²) in [6.07, 6.45) is 5.06. The Hall–Kier alpha value is -1.82. The second-order valence-corrected chi connectivity index (χ2v) is 5.64. The number of hydrogen-bond acceptors (Lipinski definition) is 4. The van der Waals surface area contributed by atoms with Crippen molar-refractivity contribution in [2.45, 2.75) is 44.1 Å². The normalized spacial score (nSPS) is 17.9. The molecule has 1 aromatic heterocycles. The number of hydrogen-bond donors (Lipinski definition) is 1. The van der Waals surface area contributed by atoms with Crippen LogP contribution >= 0.6 is 0 Å². The van der Waals surface area contributed by atoms with Crippen LogP contribution in [-0.2, 0) is 12.0 Å². The molecule has 1 aliphatic carbocycles. The summed E-state index contributed by atoms with van der Waals surface area (Å²) in [6, 6.07) is 3.44. The zero-order valence-corrected chi connectivity index (χ0v) is 11.6. The maximum absolute atomic E-state index is 13.6. The fraction of sp³-hybridized carbons (Fsp3) is 0.467. The lowest BCUT2D eigenvalue weighted by atomic mass is 9.82. The Morgan fingerprint density at radius 2 is 1.95 bits per heavy atom. The summed E-state index contributed by atoms with van der Waals surface area (Å²) in [5, 5.41) is 3.95. The molecule has 3 rings (SSSR count). The van der Waals surface area contributed by atoms with Gasteiger partial charge in [0.25, 0.3) is 0 Å². The molecule has 1 fully saturated rings. The van der Waals surface area contributed by atoms with Gasteiger partial charge >= 0.3 is 0 Å². The molecule has 0 radical (unpaired) electrons. The first kappa shape index (κ1) is 14.1. The monoisotopic (exact) mass is 293 g/mol. The van der Waals surface area contributed by atoms with Crippen LogP contribution in [0.1, 0.15) is 49.4 Å². The third-order valence-corrected chi connectivity index (χ3v) is 4.02. The second-order valence-electron chi connectivity index (χ2n) is 5.64. The van der Waals surface area contributed by atoms with Gasteiger partial charge in [0.15, 0.2) is 5.82 Å². The Labute approximate surface area is 121 Å². The number of nitrogens with zero attached hydrogens (tertiary/aromatic N) is 2. The number of rotatable bonds is 3. The number of benzene rings is 1. The Bertz CT molecular complexity index is 636. The molecule has 0 saturated heterocycles. The van der Waals surface area contributed by atoms with Gasteiger partial charge in [-0.15, -0.1) is 0 Å². The van der Waals surface area contributed by atoms with Crippen LogP contribution in [0.4, 0.5) is 8.78 Å². The topological polar surface area (TPSA) is 64.9 Å². The number of aromatic nitrogens is 2. The lowest BCUT2D eigenvalue weighted by molar-refractivity contribution is 0.273. The Kier molecular flexibility index (Phi) is 3.71. The smallest absolute Gasteiger partial charge is 0.231 e. The average molecular weight is 293 g/mol. The summed E-state index contributed by atoms with van der Waals surface area (Å²) >= 11 is 0. The molecule has 1 saturated carbocycles. The Balaban J connectivity index is 1.78. The molecule has 1 heterocycles.